The highest BCUT2D eigenvalue weighted by Crippen LogP contribution is 2.30. The lowest BCUT2D eigenvalue weighted by Crippen LogP contribution is -2.15. The van der Waals surface area contributed by atoms with Crippen molar-refractivity contribution in [2.24, 2.45) is 0 Å². The first-order valence-electron chi connectivity index (χ1n) is 8.99. The number of sulfonamides is 1. The zero-order valence-electron chi connectivity index (χ0n) is 15.8. The van der Waals surface area contributed by atoms with Crippen LogP contribution in [0.25, 0.3) is 11.0 Å². The fourth-order valence-electron chi connectivity index (χ4n) is 2.72. The average Bonchev–Trinajstić information content (AvgIpc) is 3.17. The summed E-state index contributed by atoms with van der Waals surface area (Å²) in [6, 6.07) is 17.5. The number of anilines is 3. The molecule has 0 aliphatic rings. The van der Waals surface area contributed by atoms with Crippen molar-refractivity contribution in [3.05, 3.63) is 65.0 Å². The lowest BCUT2D eigenvalue weighted by Gasteiger charge is -2.13. The molecule has 4 aromatic rings. The molecule has 0 unspecified atom stereocenters. The predicted octanol–water partition coefficient (Wildman–Crippen LogP) is 5.29. The van der Waals surface area contributed by atoms with E-state index in [1.165, 1.54) is 12.1 Å². The van der Waals surface area contributed by atoms with Crippen LogP contribution >= 0.6 is 22.9 Å². The number of fused-ring (bicyclic) bond motifs is 1. The second-order valence-electron chi connectivity index (χ2n) is 6.16. The van der Waals surface area contributed by atoms with Gasteiger partial charge in [-0.25, -0.2) is 18.4 Å². The van der Waals surface area contributed by atoms with Crippen molar-refractivity contribution in [3.63, 3.8) is 0 Å². The molecule has 0 atom stereocenters. The van der Waals surface area contributed by atoms with Gasteiger partial charge in [-0.15, -0.1) is 11.3 Å². The topological polar surface area (TPSA) is 93.2 Å². The van der Waals surface area contributed by atoms with Crippen LogP contribution in [-0.2, 0) is 10.0 Å². The highest BCUT2D eigenvalue weighted by molar-refractivity contribution is 7.94. The van der Waals surface area contributed by atoms with E-state index in [2.05, 4.69) is 20.0 Å². The Balaban J connectivity index is 1.72. The first-order valence-corrected chi connectivity index (χ1v) is 11.7. The lowest BCUT2D eigenvalue weighted by atomic mass is 10.3. The summed E-state index contributed by atoms with van der Waals surface area (Å²) >= 11 is 6.86. The van der Waals surface area contributed by atoms with Crippen LogP contribution in [0.4, 0.5) is 17.3 Å². The minimum atomic E-state index is -3.87. The largest absolute Gasteiger partial charge is 0.494 e. The molecular weight excluding hydrogens is 444 g/mol. The Labute approximate surface area is 182 Å². The van der Waals surface area contributed by atoms with Gasteiger partial charge in [0, 0.05) is 5.69 Å². The van der Waals surface area contributed by atoms with E-state index in [0.717, 1.165) is 17.1 Å². The molecule has 0 fully saturated rings. The van der Waals surface area contributed by atoms with Crippen molar-refractivity contribution in [2.45, 2.75) is 11.1 Å². The number of thiophene rings is 1. The molecule has 0 spiro atoms. The van der Waals surface area contributed by atoms with Gasteiger partial charge in [-0.3, -0.25) is 4.72 Å². The maximum Gasteiger partial charge on any atom is 0.272 e. The molecular formula is C20H17ClN4O3S2. The molecule has 7 nitrogen and oxygen atoms in total. The zero-order chi connectivity index (χ0) is 21.1. The molecule has 2 aromatic carbocycles. The van der Waals surface area contributed by atoms with E-state index in [-0.39, 0.29) is 15.8 Å². The van der Waals surface area contributed by atoms with Gasteiger partial charge in [0.15, 0.2) is 11.6 Å². The maximum absolute atomic E-state index is 12.8. The van der Waals surface area contributed by atoms with Crippen molar-refractivity contribution < 1.29 is 13.2 Å². The van der Waals surface area contributed by atoms with Crippen molar-refractivity contribution >= 4 is 61.3 Å². The molecule has 0 bridgehead atoms. The summed E-state index contributed by atoms with van der Waals surface area (Å²) in [4.78, 5) is 9.03. The second-order valence-corrected chi connectivity index (χ2v) is 9.78. The molecule has 2 N–H and O–H groups in total. The molecule has 4 rings (SSSR count). The van der Waals surface area contributed by atoms with E-state index in [4.69, 9.17) is 16.3 Å². The third kappa shape index (κ3) is 4.48. The highest BCUT2D eigenvalue weighted by Gasteiger charge is 2.21. The van der Waals surface area contributed by atoms with E-state index in [1.807, 2.05) is 49.4 Å². The molecule has 0 amide bonds. The normalized spacial score (nSPS) is 11.4. The number of hydrogen-bond donors (Lipinski definition) is 2. The number of hydrogen-bond acceptors (Lipinski definition) is 7. The molecule has 0 saturated carbocycles. The number of aromatic nitrogens is 2. The van der Waals surface area contributed by atoms with Crippen molar-refractivity contribution in [3.8, 4) is 5.75 Å². The van der Waals surface area contributed by atoms with Crippen LogP contribution in [0.2, 0.25) is 4.34 Å². The molecule has 2 heterocycles. The summed E-state index contributed by atoms with van der Waals surface area (Å²) in [5.41, 5.74) is 1.91. The molecule has 0 aliphatic heterocycles. The van der Waals surface area contributed by atoms with E-state index in [1.54, 1.807) is 6.07 Å². The quantitative estimate of drug-likeness (QED) is 0.389. The zero-order valence-corrected chi connectivity index (χ0v) is 18.2. The molecule has 0 radical (unpaired) electrons. The van der Waals surface area contributed by atoms with Gasteiger partial charge < -0.3 is 10.1 Å². The summed E-state index contributed by atoms with van der Waals surface area (Å²) in [5.74, 6) is 1.11. The van der Waals surface area contributed by atoms with Crippen LogP contribution in [0.1, 0.15) is 6.92 Å². The maximum atomic E-state index is 12.8. The average molecular weight is 461 g/mol. The number of rotatable bonds is 7. The van der Waals surface area contributed by atoms with Gasteiger partial charge in [0.05, 0.1) is 22.0 Å². The number of halogens is 1. The van der Waals surface area contributed by atoms with E-state index in [0.29, 0.717) is 27.7 Å². The molecule has 154 valence electrons. The Hall–Kier alpha value is -2.88. The Bertz CT molecular complexity index is 1290. The van der Waals surface area contributed by atoms with Gasteiger partial charge in [-0.05, 0) is 55.5 Å². The van der Waals surface area contributed by atoms with Gasteiger partial charge >= 0.3 is 0 Å². The minimum absolute atomic E-state index is 0.0899. The highest BCUT2D eigenvalue weighted by atomic mass is 35.5. The Morgan fingerprint density at radius 1 is 0.967 bits per heavy atom. The van der Waals surface area contributed by atoms with Crippen LogP contribution in [0.15, 0.2) is 64.9 Å². The molecule has 30 heavy (non-hydrogen) atoms. The van der Waals surface area contributed by atoms with E-state index in [9.17, 15) is 8.42 Å². The smallest absolute Gasteiger partial charge is 0.272 e. The van der Waals surface area contributed by atoms with E-state index >= 15 is 0 Å². The number of nitrogens with one attached hydrogen (secondary N) is 2. The monoisotopic (exact) mass is 460 g/mol. The van der Waals surface area contributed by atoms with Gasteiger partial charge in [0.1, 0.15) is 9.96 Å². The molecule has 2 aromatic heterocycles. The Morgan fingerprint density at radius 2 is 1.63 bits per heavy atom. The van der Waals surface area contributed by atoms with Gasteiger partial charge in [0.2, 0.25) is 0 Å². The Kier molecular flexibility index (Phi) is 5.76. The number of benzene rings is 2. The van der Waals surface area contributed by atoms with Crippen molar-refractivity contribution in [1.29, 1.82) is 0 Å². The number of nitrogens with zero attached hydrogens (tertiary/aromatic N) is 2. The first kappa shape index (κ1) is 20.4. The summed E-state index contributed by atoms with van der Waals surface area (Å²) in [6.07, 6.45) is 0. The minimum Gasteiger partial charge on any atom is -0.494 e. The van der Waals surface area contributed by atoms with E-state index < -0.39 is 10.0 Å². The van der Waals surface area contributed by atoms with Crippen LogP contribution in [0, 0.1) is 0 Å². The van der Waals surface area contributed by atoms with Gasteiger partial charge in [0.25, 0.3) is 10.0 Å². The fraction of sp³-hybridized carbons (Fsp3) is 0.100. The SMILES string of the molecule is CCOc1ccc(Nc2nc3ccccc3nc2NS(=O)(=O)c2ccc(Cl)s2)cc1. The second kappa shape index (κ2) is 8.47. The van der Waals surface area contributed by atoms with Crippen LogP contribution in [0.3, 0.4) is 0 Å². The summed E-state index contributed by atoms with van der Waals surface area (Å²) < 4.78 is 34.1. The summed E-state index contributed by atoms with van der Waals surface area (Å²) in [7, 11) is -3.87. The van der Waals surface area contributed by atoms with Gasteiger partial charge in [-0.2, -0.15) is 0 Å². The van der Waals surface area contributed by atoms with Gasteiger partial charge in [-0.1, -0.05) is 23.7 Å². The Morgan fingerprint density at radius 3 is 2.23 bits per heavy atom. The molecule has 0 aliphatic carbocycles. The summed E-state index contributed by atoms with van der Waals surface area (Å²) in [5, 5.41) is 3.13. The van der Waals surface area contributed by atoms with Crippen molar-refractivity contribution in [2.75, 3.05) is 16.6 Å². The third-order valence-electron chi connectivity index (χ3n) is 4.04. The molecule has 0 saturated heterocycles. The number of para-hydroxylation sites is 2. The fourth-order valence-corrected chi connectivity index (χ4v) is 5.21. The number of ether oxygens (including phenoxy) is 1. The summed E-state index contributed by atoms with van der Waals surface area (Å²) in [6.45, 7) is 2.48. The van der Waals surface area contributed by atoms with Crippen LogP contribution < -0.4 is 14.8 Å². The van der Waals surface area contributed by atoms with Crippen LogP contribution in [0.5, 0.6) is 5.75 Å². The standard InChI is InChI=1S/C20H17ClN4O3S2/c1-2-28-14-9-7-13(8-10-14)22-19-20(24-16-6-4-3-5-15(16)23-19)25-30(26,27)18-12-11-17(21)29-18/h3-12H,2H2,1H3,(H,22,23)(H,24,25). The molecule has 10 heteroatoms. The van der Waals surface area contributed by atoms with Crippen LogP contribution in [-0.4, -0.2) is 25.0 Å². The third-order valence-corrected chi connectivity index (χ3v) is 7.10. The first-order chi connectivity index (χ1) is 14.4. The van der Waals surface area contributed by atoms with Crippen molar-refractivity contribution in [1.82, 2.24) is 9.97 Å². The predicted molar refractivity (Wildman–Crippen MR) is 121 cm³/mol. The lowest BCUT2D eigenvalue weighted by molar-refractivity contribution is 0.340.